The Morgan fingerprint density at radius 1 is 0.810 bits per heavy atom. The molecule has 0 aliphatic heterocycles. The Morgan fingerprint density at radius 2 is 1.10 bits per heavy atom. The minimum atomic E-state index is -0.750. The Bertz CT molecular complexity index is 524. The van der Waals surface area contributed by atoms with Crippen LogP contribution in [0.1, 0.15) is 0 Å². The van der Waals surface area contributed by atoms with E-state index in [0.29, 0.717) is 0 Å². The van der Waals surface area contributed by atoms with Gasteiger partial charge in [0.25, 0.3) is 0 Å². The number of hydrogen-bond acceptors (Lipinski definition) is 4. The summed E-state index contributed by atoms with van der Waals surface area (Å²) < 4.78 is 0. The first kappa shape index (κ1) is 19.3. The molecule has 0 aliphatic rings. The first-order valence-corrected chi connectivity index (χ1v) is 6.41. The van der Waals surface area contributed by atoms with Crippen molar-refractivity contribution in [3.63, 3.8) is 0 Å². The zero-order valence-corrected chi connectivity index (χ0v) is 13.3. The van der Waals surface area contributed by atoms with Crippen LogP contribution in [0.15, 0.2) is 60.7 Å². The van der Waals surface area contributed by atoms with Gasteiger partial charge in [0.05, 0.1) is 5.24 Å². The zero-order valence-electron chi connectivity index (χ0n) is 10.7. The van der Waals surface area contributed by atoms with Gasteiger partial charge in [0.1, 0.15) is 5.24 Å². The van der Waals surface area contributed by atoms with Gasteiger partial charge in [0.15, 0.2) is 0 Å². The molecule has 1 radical (unpaired) electrons. The Hall–Kier alpha value is -1.66. The average molecular weight is 368 g/mol. The summed E-state index contributed by atoms with van der Waals surface area (Å²) in [5, 5.41) is -1.16. The summed E-state index contributed by atoms with van der Waals surface area (Å²) in [4.78, 5) is 22.0. The molecule has 0 unspecified atom stereocenters. The molecule has 2 N–H and O–H groups in total. The van der Waals surface area contributed by atoms with Crippen LogP contribution in [-0.4, -0.2) is 10.5 Å². The fraction of sp³-hybridized carbons (Fsp3) is 0. The second kappa shape index (κ2) is 10.1. The molecular weight excluding hydrogens is 356 g/mol. The maximum atomic E-state index is 11.5. The van der Waals surface area contributed by atoms with E-state index >= 15 is 0 Å². The number of nitrogens with two attached hydrogens (primary N) is 1. The fourth-order valence-electron chi connectivity index (χ4n) is 1.51. The van der Waals surface area contributed by atoms with E-state index in [1.54, 1.807) is 0 Å². The van der Waals surface area contributed by atoms with E-state index in [-0.39, 0.29) is 17.1 Å². The molecule has 0 saturated heterocycles. The Balaban J connectivity index is 0.000000715. The van der Waals surface area contributed by atoms with Crippen molar-refractivity contribution in [3.8, 4) is 0 Å². The number of anilines is 2. The van der Waals surface area contributed by atoms with E-state index in [4.69, 9.17) is 17.4 Å². The Labute approximate surface area is 145 Å². The first-order valence-electron chi connectivity index (χ1n) is 5.60. The molecule has 0 bridgehead atoms. The Kier molecular flexibility index (Phi) is 9.32. The topological polar surface area (TPSA) is 63.4 Å². The van der Waals surface area contributed by atoms with Gasteiger partial charge in [-0.15, -0.1) is 0 Å². The van der Waals surface area contributed by atoms with Crippen molar-refractivity contribution >= 4 is 47.1 Å². The van der Waals surface area contributed by atoms with E-state index in [1.807, 2.05) is 60.7 Å². The van der Waals surface area contributed by atoms with Gasteiger partial charge >= 0.3 is 17.1 Å². The third-order valence-electron chi connectivity index (χ3n) is 2.21. The van der Waals surface area contributed by atoms with Crippen LogP contribution < -0.4 is 10.6 Å². The van der Waals surface area contributed by atoms with Gasteiger partial charge in [-0.05, 0) is 24.3 Å². The molecule has 0 aliphatic carbocycles. The predicted octanol–water partition coefficient (Wildman–Crippen LogP) is 3.10. The van der Waals surface area contributed by atoms with Crippen molar-refractivity contribution in [1.29, 1.82) is 0 Å². The van der Waals surface area contributed by atoms with Gasteiger partial charge in [-0.3, -0.25) is 4.90 Å². The fourth-order valence-corrected chi connectivity index (χ4v) is 1.72. The maximum Gasteiger partial charge on any atom is 2.00 e. The van der Waals surface area contributed by atoms with E-state index in [2.05, 4.69) is 18.4 Å². The normalized spacial score (nSPS) is 8.57. The molecule has 21 heavy (non-hydrogen) atoms. The SMILES string of the molecule is NC(=O)[S-].O=C([S-])N(c1ccccc1)c1ccccc1.[Cu+2]. The molecule has 0 spiro atoms. The van der Waals surface area contributed by atoms with Crippen molar-refractivity contribution in [3.05, 3.63) is 60.7 Å². The van der Waals surface area contributed by atoms with Crippen molar-refractivity contribution in [2.24, 2.45) is 5.73 Å². The second-order valence-electron chi connectivity index (χ2n) is 3.59. The molecule has 2 rings (SSSR count). The summed E-state index contributed by atoms with van der Waals surface area (Å²) in [6.45, 7) is 0. The van der Waals surface area contributed by atoms with Crippen LogP contribution in [0.2, 0.25) is 0 Å². The summed E-state index contributed by atoms with van der Waals surface area (Å²) in [6, 6.07) is 18.8. The number of benzene rings is 2. The maximum absolute atomic E-state index is 11.5. The molecule has 0 heterocycles. The largest absolute Gasteiger partial charge is 2.00 e. The number of primary amides is 1. The summed E-state index contributed by atoms with van der Waals surface area (Å²) in [7, 11) is 0. The smallest absolute Gasteiger partial charge is 0.719 e. The number of rotatable bonds is 2. The van der Waals surface area contributed by atoms with Gasteiger partial charge in [-0.2, -0.15) is 0 Å². The molecule has 2 amide bonds. The molecule has 0 aromatic heterocycles. The van der Waals surface area contributed by atoms with Crippen LogP contribution in [0, 0.1) is 0 Å². The van der Waals surface area contributed by atoms with Crippen molar-refractivity contribution in [1.82, 2.24) is 0 Å². The molecule has 113 valence electrons. The number of hydrogen-bond donors (Lipinski definition) is 1. The average Bonchev–Trinajstić information content (AvgIpc) is 2.40. The number of carbonyl (C=O) groups is 2. The Morgan fingerprint density at radius 3 is 1.33 bits per heavy atom. The number of amides is 2. The van der Waals surface area contributed by atoms with Crippen LogP contribution in [0.5, 0.6) is 0 Å². The second-order valence-corrected chi connectivity index (χ2v) is 4.34. The van der Waals surface area contributed by atoms with Crippen LogP contribution in [0.3, 0.4) is 0 Å². The van der Waals surface area contributed by atoms with Gasteiger partial charge in [0.2, 0.25) is 0 Å². The van der Waals surface area contributed by atoms with Crippen LogP contribution in [0.4, 0.5) is 21.0 Å². The van der Waals surface area contributed by atoms with Gasteiger partial charge in [-0.1, -0.05) is 36.4 Å². The number of para-hydroxylation sites is 2. The monoisotopic (exact) mass is 367 g/mol. The number of carbonyl (C=O) groups excluding carboxylic acids is 2. The zero-order chi connectivity index (χ0) is 15.0. The molecule has 0 saturated carbocycles. The molecule has 0 atom stereocenters. The third kappa shape index (κ3) is 7.06. The van der Waals surface area contributed by atoms with Crippen molar-refractivity contribution in [2.45, 2.75) is 0 Å². The van der Waals surface area contributed by atoms with E-state index < -0.39 is 10.5 Å². The summed E-state index contributed by atoms with van der Waals surface area (Å²) in [5.41, 5.74) is 5.86. The van der Waals surface area contributed by atoms with E-state index in [1.165, 1.54) is 4.90 Å². The molecule has 2 aromatic carbocycles. The minimum Gasteiger partial charge on any atom is -0.719 e. The summed E-state index contributed by atoms with van der Waals surface area (Å²) in [5.74, 6) is 0. The summed E-state index contributed by atoms with van der Waals surface area (Å²) in [6.07, 6.45) is 0. The predicted molar refractivity (Wildman–Crippen MR) is 84.7 cm³/mol. The molecule has 4 nitrogen and oxygen atoms in total. The molecule has 0 fully saturated rings. The van der Waals surface area contributed by atoms with Gasteiger partial charge in [0, 0.05) is 11.4 Å². The van der Waals surface area contributed by atoms with Crippen LogP contribution >= 0.6 is 0 Å². The van der Waals surface area contributed by atoms with Crippen LogP contribution in [0.25, 0.3) is 0 Å². The van der Waals surface area contributed by atoms with E-state index in [0.717, 1.165) is 11.4 Å². The van der Waals surface area contributed by atoms with E-state index in [9.17, 15) is 4.79 Å². The minimum absolute atomic E-state index is 0. The third-order valence-corrected chi connectivity index (χ3v) is 2.39. The summed E-state index contributed by atoms with van der Waals surface area (Å²) >= 11 is 8.51. The van der Waals surface area contributed by atoms with Crippen molar-refractivity contribution in [2.75, 3.05) is 4.90 Å². The molecule has 2 aromatic rings. The standard InChI is InChI=1S/C13H11NOS.CH3NOS.Cu/c15-13(16)14(11-7-3-1-4-8-11)12-9-5-2-6-10-12;2-1(3)4;/h1-10H,(H,15,16);(H3,2,3,4);/q;;+2/p-2. The number of nitrogens with zero attached hydrogens (tertiary/aromatic N) is 1. The van der Waals surface area contributed by atoms with Gasteiger partial charge < -0.3 is 40.6 Å². The first-order chi connectivity index (χ1) is 9.52. The van der Waals surface area contributed by atoms with Gasteiger partial charge in [-0.25, -0.2) is 0 Å². The van der Waals surface area contributed by atoms with Crippen molar-refractivity contribution < 1.29 is 26.7 Å². The molecule has 7 heteroatoms. The quantitative estimate of drug-likeness (QED) is 0.654. The van der Waals surface area contributed by atoms with Crippen LogP contribution in [-0.2, 0) is 42.3 Å². The molecular formula is C14H12CuN2O2S2.